The fourth-order valence-electron chi connectivity index (χ4n) is 4.22. The molecule has 0 aliphatic carbocycles. The Morgan fingerprint density at radius 3 is 2.66 bits per heavy atom. The number of hydrogen-bond acceptors (Lipinski definition) is 3. The van der Waals surface area contributed by atoms with E-state index in [1.54, 1.807) is 10.6 Å². The zero-order valence-electron chi connectivity index (χ0n) is 16.4. The van der Waals surface area contributed by atoms with E-state index >= 15 is 0 Å². The van der Waals surface area contributed by atoms with Crippen molar-refractivity contribution >= 4 is 21.8 Å². The lowest BCUT2D eigenvalue weighted by molar-refractivity contribution is 0.183. The van der Waals surface area contributed by atoms with Crippen LogP contribution in [0.2, 0.25) is 0 Å². The lowest BCUT2D eigenvalue weighted by Crippen LogP contribution is -2.33. The van der Waals surface area contributed by atoms with Crippen LogP contribution >= 0.6 is 0 Å². The van der Waals surface area contributed by atoms with E-state index in [1.165, 1.54) is 32.4 Å². The van der Waals surface area contributed by atoms with Gasteiger partial charge in [0.1, 0.15) is 18.2 Å². The second kappa shape index (κ2) is 7.76. The van der Waals surface area contributed by atoms with Gasteiger partial charge in [-0.15, -0.1) is 0 Å². The highest BCUT2D eigenvalue weighted by molar-refractivity contribution is 5.86. The summed E-state index contributed by atoms with van der Waals surface area (Å²) in [5, 5.41) is 2.07. The topological polar surface area (TPSA) is 50.3 Å². The van der Waals surface area contributed by atoms with Gasteiger partial charge in [-0.1, -0.05) is 24.6 Å². The monoisotopic (exact) mass is 387 g/mol. The Morgan fingerprint density at radius 1 is 0.897 bits per heavy atom. The SMILES string of the molecule is O=c1ccc2ccccc2n1-c1cc2cc(OCCN3CCCCC3)ccc2[nH]1. The predicted molar refractivity (Wildman–Crippen MR) is 117 cm³/mol. The Balaban J connectivity index is 1.40. The summed E-state index contributed by atoms with van der Waals surface area (Å²) in [6, 6.07) is 19.5. The number of nitrogens with one attached hydrogen (secondary N) is 1. The number of hydrogen-bond donors (Lipinski definition) is 1. The minimum atomic E-state index is -0.0479. The third kappa shape index (κ3) is 3.66. The molecular formula is C24H25N3O2. The summed E-state index contributed by atoms with van der Waals surface area (Å²) in [5.41, 5.74) is 1.83. The molecule has 1 aliphatic rings. The number of aromatic nitrogens is 2. The number of likely N-dealkylation sites (tertiary alicyclic amines) is 1. The summed E-state index contributed by atoms with van der Waals surface area (Å²) in [4.78, 5) is 18.4. The van der Waals surface area contributed by atoms with E-state index in [9.17, 15) is 4.79 Å². The number of aromatic amines is 1. The van der Waals surface area contributed by atoms with E-state index in [0.29, 0.717) is 6.61 Å². The Morgan fingerprint density at radius 2 is 1.76 bits per heavy atom. The molecule has 2 aromatic carbocycles. The molecule has 1 saturated heterocycles. The summed E-state index contributed by atoms with van der Waals surface area (Å²) in [5.74, 6) is 1.64. The molecule has 5 heteroatoms. The molecule has 0 amide bonds. The van der Waals surface area contributed by atoms with Crippen molar-refractivity contribution in [3.8, 4) is 11.6 Å². The van der Waals surface area contributed by atoms with Crippen molar-refractivity contribution < 1.29 is 4.74 Å². The number of rotatable bonds is 5. The van der Waals surface area contributed by atoms with Crippen molar-refractivity contribution in [2.75, 3.05) is 26.2 Å². The first-order valence-corrected chi connectivity index (χ1v) is 10.4. The summed E-state index contributed by atoms with van der Waals surface area (Å²) in [6.07, 6.45) is 3.95. The van der Waals surface area contributed by atoms with Crippen LogP contribution in [0, 0.1) is 0 Å². The number of nitrogens with zero attached hydrogens (tertiary/aromatic N) is 2. The molecule has 0 saturated carbocycles. The van der Waals surface area contributed by atoms with Crippen LogP contribution in [0.3, 0.4) is 0 Å². The number of benzene rings is 2. The summed E-state index contributed by atoms with van der Waals surface area (Å²) in [6.45, 7) is 4.04. The van der Waals surface area contributed by atoms with Crippen molar-refractivity contribution in [3.05, 3.63) is 71.0 Å². The average Bonchev–Trinajstić information content (AvgIpc) is 3.17. The standard InChI is InChI=1S/C24H25N3O2/c28-24-11-8-18-6-2-3-7-22(18)27(24)23-17-19-16-20(9-10-21(19)25-23)29-15-14-26-12-4-1-5-13-26/h2-3,6-11,16-17,25H,1,4-5,12-15H2. The second-order valence-corrected chi connectivity index (χ2v) is 7.72. The highest BCUT2D eigenvalue weighted by atomic mass is 16.5. The Hall–Kier alpha value is -3.05. The first-order chi connectivity index (χ1) is 14.3. The van der Waals surface area contributed by atoms with Crippen molar-refractivity contribution in [2.45, 2.75) is 19.3 Å². The van der Waals surface area contributed by atoms with E-state index < -0.39 is 0 Å². The molecule has 1 fully saturated rings. The van der Waals surface area contributed by atoms with Crippen LogP contribution in [-0.4, -0.2) is 40.7 Å². The smallest absolute Gasteiger partial charge is 0.256 e. The van der Waals surface area contributed by atoms with E-state index in [1.807, 2.05) is 54.6 Å². The van der Waals surface area contributed by atoms with Crippen LogP contribution in [-0.2, 0) is 0 Å². The van der Waals surface area contributed by atoms with Gasteiger partial charge in [-0.3, -0.25) is 14.3 Å². The Bertz CT molecular complexity index is 1200. The largest absolute Gasteiger partial charge is 0.492 e. The minimum Gasteiger partial charge on any atom is -0.492 e. The van der Waals surface area contributed by atoms with Crippen molar-refractivity contribution in [2.24, 2.45) is 0 Å². The van der Waals surface area contributed by atoms with Crippen molar-refractivity contribution in [1.82, 2.24) is 14.5 Å². The molecule has 0 radical (unpaired) electrons. The van der Waals surface area contributed by atoms with Crippen LogP contribution in [0.4, 0.5) is 0 Å². The van der Waals surface area contributed by atoms with Gasteiger partial charge in [0.15, 0.2) is 0 Å². The first kappa shape index (κ1) is 18.0. The van der Waals surface area contributed by atoms with Crippen LogP contribution in [0.5, 0.6) is 5.75 Å². The Labute approximate surface area is 169 Å². The molecule has 4 aromatic rings. The fourth-order valence-corrected chi connectivity index (χ4v) is 4.22. The minimum absolute atomic E-state index is 0.0479. The van der Waals surface area contributed by atoms with Gasteiger partial charge in [-0.05, 0) is 67.7 Å². The molecular weight excluding hydrogens is 362 g/mol. The summed E-state index contributed by atoms with van der Waals surface area (Å²) in [7, 11) is 0. The molecule has 1 N–H and O–H groups in total. The molecule has 1 aliphatic heterocycles. The maximum Gasteiger partial charge on any atom is 0.256 e. The van der Waals surface area contributed by atoms with Gasteiger partial charge in [-0.2, -0.15) is 0 Å². The highest BCUT2D eigenvalue weighted by Crippen LogP contribution is 2.24. The van der Waals surface area contributed by atoms with Gasteiger partial charge in [0.05, 0.1) is 5.52 Å². The molecule has 0 spiro atoms. The van der Waals surface area contributed by atoms with E-state index in [2.05, 4.69) is 9.88 Å². The van der Waals surface area contributed by atoms with Crippen LogP contribution in [0.1, 0.15) is 19.3 Å². The van der Waals surface area contributed by atoms with Gasteiger partial charge in [0, 0.05) is 23.5 Å². The average molecular weight is 387 g/mol. The van der Waals surface area contributed by atoms with Gasteiger partial charge in [0.25, 0.3) is 5.56 Å². The fraction of sp³-hybridized carbons (Fsp3) is 0.292. The van der Waals surface area contributed by atoms with E-state index in [0.717, 1.165) is 39.9 Å². The molecule has 3 heterocycles. The number of para-hydroxylation sites is 1. The molecule has 0 unspecified atom stereocenters. The quantitative estimate of drug-likeness (QED) is 0.554. The zero-order chi connectivity index (χ0) is 19.6. The second-order valence-electron chi connectivity index (χ2n) is 7.72. The van der Waals surface area contributed by atoms with Crippen LogP contribution < -0.4 is 10.3 Å². The third-order valence-corrected chi connectivity index (χ3v) is 5.75. The Kier molecular flexibility index (Phi) is 4.82. The van der Waals surface area contributed by atoms with Gasteiger partial charge < -0.3 is 9.72 Å². The molecule has 148 valence electrons. The maximum atomic E-state index is 12.6. The molecule has 0 atom stereocenters. The molecule has 29 heavy (non-hydrogen) atoms. The van der Waals surface area contributed by atoms with Gasteiger partial charge >= 0.3 is 0 Å². The first-order valence-electron chi connectivity index (χ1n) is 10.4. The number of ether oxygens (including phenoxy) is 1. The predicted octanol–water partition coefficient (Wildman–Crippen LogP) is 4.34. The van der Waals surface area contributed by atoms with E-state index in [-0.39, 0.29) is 5.56 Å². The van der Waals surface area contributed by atoms with Crippen molar-refractivity contribution in [1.29, 1.82) is 0 Å². The molecule has 0 bridgehead atoms. The number of fused-ring (bicyclic) bond motifs is 2. The normalized spacial score (nSPS) is 15.2. The number of piperidine rings is 1. The van der Waals surface area contributed by atoms with Crippen LogP contribution in [0.15, 0.2) is 65.5 Å². The molecule has 5 nitrogen and oxygen atoms in total. The lowest BCUT2D eigenvalue weighted by atomic mass is 10.1. The van der Waals surface area contributed by atoms with Crippen molar-refractivity contribution in [3.63, 3.8) is 0 Å². The van der Waals surface area contributed by atoms with Gasteiger partial charge in [0.2, 0.25) is 0 Å². The highest BCUT2D eigenvalue weighted by Gasteiger charge is 2.11. The third-order valence-electron chi connectivity index (χ3n) is 5.75. The van der Waals surface area contributed by atoms with E-state index in [4.69, 9.17) is 4.74 Å². The summed E-state index contributed by atoms with van der Waals surface area (Å²) < 4.78 is 7.73. The number of H-pyrrole nitrogens is 1. The lowest BCUT2D eigenvalue weighted by Gasteiger charge is -2.26. The summed E-state index contributed by atoms with van der Waals surface area (Å²) >= 11 is 0. The zero-order valence-corrected chi connectivity index (χ0v) is 16.4. The molecule has 2 aromatic heterocycles. The molecule has 5 rings (SSSR count). The number of pyridine rings is 1. The maximum absolute atomic E-state index is 12.6. The van der Waals surface area contributed by atoms with Gasteiger partial charge in [-0.25, -0.2) is 0 Å². The van der Waals surface area contributed by atoms with Crippen LogP contribution in [0.25, 0.3) is 27.6 Å².